The van der Waals surface area contributed by atoms with Crippen LogP contribution in [0.1, 0.15) is 50.2 Å². The van der Waals surface area contributed by atoms with Crippen LogP contribution in [0.2, 0.25) is 0 Å². The van der Waals surface area contributed by atoms with E-state index in [9.17, 15) is 41.9 Å². The van der Waals surface area contributed by atoms with E-state index in [0.29, 0.717) is 22.3 Å². The number of imidazole rings is 1. The molecule has 20 nitrogen and oxygen atoms in total. The molecule has 0 saturated carbocycles. The summed E-state index contributed by atoms with van der Waals surface area (Å²) in [6.07, 6.45) is -0.489. The third-order valence-electron chi connectivity index (χ3n) is 9.56. The largest absolute Gasteiger partial charge is 0.444 e. The van der Waals surface area contributed by atoms with Gasteiger partial charge in [-0.05, 0) is 55.0 Å². The number of imide groups is 1. The van der Waals surface area contributed by atoms with Crippen molar-refractivity contribution in [1.82, 2.24) is 39.5 Å². The first-order valence-corrected chi connectivity index (χ1v) is 19.3. The molecular weight excluding hydrogens is 836 g/mol. The van der Waals surface area contributed by atoms with Crippen molar-refractivity contribution in [2.45, 2.75) is 31.6 Å². The van der Waals surface area contributed by atoms with E-state index in [2.05, 4.69) is 36.3 Å². The molecule has 1 aliphatic rings. The van der Waals surface area contributed by atoms with Gasteiger partial charge in [0.25, 0.3) is 17.7 Å². The van der Waals surface area contributed by atoms with E-state index in [-0.39, 0.29) is 104 Å². The Morgan fingerprint density at radius 2 is 1.70 bits per heavy atom. The summed E-state index contributed by atoms with van der Waals surface area (Å²) >= 11 is 0. The number of piperidine rings is 1. The molecule has 4 aromatic heterocycles. The number of nitrogens with one attached hydrogen (secondary N) is 4. The van der Waals surface area contributed by atoms with Gasteiger partial charge in [0.05, 0.1) is 61.6 Å². The van der Waals surface area contributed by atoms with Gasteiger partial charge < -0.3 is 35.6 Å². The summed E-state index contributed by atoms with van der Waals surface area (Å²) < 4.78 is 58.6. The average molecular weight is 874 g/mol. The van der Waals surface area contributed by atoms with Crippen molar-refractivity contribution in [3.05, 3.63) is 107 Å². The van der Waals surface area contributed by atoms with E-state index >= 15 is 0 Å². The molecule has 328 valence electrons. The Kier molecular flexibility index (Phi) is 13.1. The molecule has 5 heterocycles. The number of carbonyl (C=O) groups is 5. The van der Waals surface area contributed by atoms with Crippen LogP contribution < -0.4 is 32.7 Å². The molecule has 63 heavy (non-hydrogen) atoms. The van der Waals surface area contributed by atoms with Crippen LogP contribution in [0.15, 0.2) is 88.5 Å². The summed E-state index contributed by atoms with van der Waals surface area (Å²) in [5.74, 6) is -3.18. The molecule has 2 aromatic carbocycles. The van der Waals surface area contributed by atoms with E-state index in [4.69, 9.17) is 19.6 Å². The first-order chi connectivity index (χ1) is 30.3. The van der Waals surface area contributed by atoms with Crippen LogP contribution in [-0.2, 0) is 25.6 Å². The predicted octanol–water partition coefficient (Wildman–Crippen LogP) is 2.81. The van der Waals surface area contributed by atoms with Gasteiger partial charge in [0.1, 0.15) is 24.7 Å². The Labute approximate surface area is 353 Å². The maximum absolute atomic E-state index is 13.4. The molecule has 1 aliphatic heterocycles. The zero-order valence-corrected chi connectivity index (χ0v) is 33.0. The van der Waals surface area contributed by atoms with Gasteiger partial charge in [0.15, 0.2) is 11.4 Å². The second-order valence-corrected chi connectivity index (χ2v) is 13.9. The normalized spacial score (nSPS) is 14.1. The van der Waals surface area contributed by atoms with Gasteiger partial charge >= 0.3 is 11.9 Å². The number of alkyl halides is 3. The fourth-order valence-electron chi connectivity index (χ4n) is 6.59. The number of halogens is 3. The topological polar surface area (TPSA) is 262 Å². The number of hydrogen-bond donors (Lipinski definition) is 5. The highest BCUT2D eigenvalue weighted by molar-refractivity contribution is 6.07. The lowest BCUT2D eigenvalue weighted by atomic mass is 10.1. The van der Waals surface area contributed by atoms with Gasteiger partial charge in [-0.2, -0.15) is 18.3 Å². The number of nitrogens with zero attached hydrogens (tertiary/aromatic N) is 6. The number of hydrogen-bond acceptors (Lipinski definition) is 13. The molecule has 5 amide bonds. The molecule has 1 saturated heterocycles. The summed E-state index contributed by atoms with van der Waals surface area (Å²) in [6, 6.07) is 15.2. The average Bonchev–Trinajstić information content (AvgIpc) is 3.99. The standard InChI is InChI=1S/C40H38F3N11O9/c41-40(42,43)22-47-31-19-24(11-12-45-31)38-49-27(21-63-38)36(58)48-26-20-53(51-33(26)34(44)56)25-7-5-23(6-8-25)35(57)46-13-15-61-17-18-62-16-14-52-28-3-1-2-4-29(28)54(39(52)60)30-9-10-32(55)50-37(30)59/h1-8,11-12,19-21,30H,9-10,13-18,22H2,(H2,44,56)(H,45,47)(H,46,57)(H,48,58)(H,50,55,59). The number of primary amides is 1. The minimum absolute atomic E-state index is 0.0577. The van der Waals surface area contributed by atoms with Gasteiger partial charge in [-0.3, -0.25) is 38.4 Å². The molecule has 23 heteroatoms. The van der Waals surface area contributed by atoms with Crippen molar-refractivity contribution in [1.29, 1.82) is 0 Å². The smallest absolute Gasteiger partial charge is 0.405 e. The van der Waals surface area contributed by atoms with Crippen LogP contribution in [0.25, 0.3) is 28.2 Å². The van der Waals surface area contributed by atoms with Gasteiger partial charge in [-0.1, -0.05) is 12.1 Å². The number of benzene rings is 2. The molecule has 1 unspecified atom stereocenters. The van der Waals surface area contributed by atoms with Crippen molar-refractivity contribution in [3.63, 3.8) is 0 Å². The summed E-state index contributed by atoms with van der Waals surface area (Å²) in [7, 11) is 0. The number of carbonyl (C=O) groups excluding carboxylic acids is 5. The van der Waals surface area contributed by atoms with E-state index in [1.54, 1.807) is 36.4 Å². The number of aromatic nitrogens is 6. The number of rotatable bonds is 18. The summed E-state index contributed by atoms with van der Waals surface area (Å²) in [6.45, 7) is -0.0744. The number of pyridine rings is 1. The van der Waals surface area contributed by atoms with Crippen molar-refractivity contribution in [2.24, 2.45) is 5.73 Å². The molecule has 6 N–H and O–H groups in total. The molecule has 0 bridgehead atoms. The Hall–Kier alpha value is -7.66. The number of amides is 5. The number of nitrogens with two attached hydrogens (primary N) is 1. The van der Waals surface area contributed by atoms with Crippen molar-refractivity contribution in [3.8, 4) is 17.1 Å². The highest BCUT2D eigenvalue weighted by Crippen LogP contribution is 2.25. The second-order valence-electron chi connectivity index (χ2n) is 13.9. The number of ether oxygens (including phenoxy) is 2. The van der Waals surface area contributed by atoms with E-state index in [1.807, 2.05) is 0 Å². The number of anilines is 2. The van der Waals surface area contributed by atoms with E-state index < -0.39 is 36.5 Å². The number of fused-ring (bicyclic) bond motifs is 1. The third kappa shape index (κ3) is 10.5. The second kappa shape index (κ2) is 18.9. The van der Waals surface area contributed by atoms with Crippen molar-refractivity contribution < 1.29 is 51.0 Å². The molecule has 1 atom stereocenters. The lowest BCUT2D eigenvalue weighted by molar-refractivity contribution is -0.135. The molecular formula is C40H38F3N11O9. The Morgan fingerprint density at radius 1 is 0.952 bits per heavy atom. The minimum atomic E-state index is -4.46. The fourth-order valence-corrected chi connectivity index (χ4v) is 6.59. The zero-order valence-electron chi connectivity index (χ0n) is 33.0. The monoisotopic (exact) mass is 873 g/mol. The third-order valence-corrected chi connectivity index (χ3v) is 9.56. The molecule has 7 rings (SSSR count). The highest BCUT2D eigenvalue weighted by atomic mass is 19.4. The quantitative estimate of drug-likeness (QED) is 0.0616. The number of para-hydroxylation sites is 2. The number of oxazole rings is 1. The highest BCUT2D eigenvalue weighted by Gasteiger charge is 2.32. The predicted molar refractivity (Wildman–Crippen MR) is 216 cm³/mol. The van der Waals surface area contributed by atoms with Crippen molar-refractivity contribution in [2.75, 3.05) is 50.2 Å². The molecule has 0 radical (unpaired) electrons. The Morgan fingerprint density at radius 3 is 2.43 bits per heavy atom. The van der Waals surface area contributed by atoms with E-state index in [1.165, 1.54) is 50.5 Å². The van der Waals surface area contributed by atoms with Gasteiger partial charge in [0.2, 0.25) is 17.7 Å². The molecule has 1 fully saturated rings. The maximum atomic E-state index is 13.4. The van der Waals surface area contributed by atoms with Crippen LogP contribution in [0.4, 0.5) is 24.7 Å². The molecule has 6 aromatic rings. The zero-order chi connectivity index (χ0) is 44.7. The van der Waals surface area contributed by atoms with Crippen LogP contribution in [0.5, 0.6) is 0 Å². The first kappa shape index (κ1) is 43.4. The van der Waals surface area contributed by atoms with Gasteiger partial charge in [-0.25, -0.2) is 19.4 Å². The minimum Gasteiger partial charge on any atom is -0.444 e. The maximum Gasteiger partial charge on any atom is 0.405 e. The van der Waals surface area contributed by atoms with Crippen LogP contribution in [-0.4, -0.2) is 104 Å². The van der Waals surface area contributed by atoms with Gasteiger partial charge in [0, 0.05) is 30.3 Å². The van der Waals surface area contributed by atoms with Gasteiger partial charge in [-0.15, -0.1) is 0 Å². The summed E-state index contributed by atoms with van der Waals surface area (Å²) in [5, 5.41) is 13.9. The summed E-state index contributed by atoms with van der Waals surface area (Å²) in [4.78, 5) is 83.5. The van der Waals surface area contributed by atoms with Crippen LogP contribution >= 0.6 is 0 Å². The Balaban J connectivity index is 0.851. The fraction of sp³-hybridized carbons (Fsp3) is 0.275. The van der Waals surface area contributed by atoms with Crippen LogP contribution in [0, 0.1) is 0 Å². The summed E-state index contributed by atoms with van der Waals surface area (Å²) in [5.41, 5.74) is 6.79. The molecule has 0 spiro atoms. The SMILES string of the molecule is NC(=O)c1nn(-c2ccc(C(=O)NCCOCCOCCn3c(=O)n(C4CCC(=O)NC4=O)c4ccccc43)cc2)cc1NC(=O)c1coc(-c2ccnc(NCC(F)(F)F)c2)n1. The van der Waals surface area contributed by atoms with Crippen LogP contribution in [0.3, 0.4) is 0 Å². The Bertz CT molecular complexity index is 2720. The van der Waals surface area contributed by atoms with E-state index in [0.717, 1.165) is 6.26 Å². The lowest BCUT2D eigenvalue weighted by Crippen LogP contribution is -2.44. The van der Waals surface area contributed by atoms with Crippen molar-refractivity contribution >= 4 is 52.1 Å². The first-order valence-electron chi connectivity index (χ1n) is 19.3. The lowest BCUT2D eigenvalue weighted by Gasteiger charge is -2.21. The molecule has 0 aliphatic carbocycles.